The summed E-state index contributed by atoms with van der Waals surface area (Å²) in [5.41, 5.74) is -0.305. The fraction of sp³-hybridized carbons (Fsp3) is 0.250. The number of halogens is 1. The summed E-state index contributed by atoms with van der Waals surface area (Å²) in [5, 5.41) is 10.5. The van der Waals surface area contributed by atoms with Gasteiger partial charge in [-0.3, -0.25) is 10.1 Å². The zero-order valence-electron chi connectivity index (χ0n) is 8.62. The molecule has 1 aromatic carbocycles. The van der Waals surface area contributed by atoms with Crippen LogP contribution < -0.4 is 4.74 Å². The van der Waals surface area contributed by atoms with Crippen LogP contribution >= 0.6 is 10.7 Å². The molecule has 0 spiro atoms. The molecule has 0 heterocycles. The van der Waals surface area contributed by atoms with Crippen LogP contribution in [-0.2, 0) is 13.8 Å². The highest BCUT2D eigenvalue weighted by molar-refractivity contribution is 8.13. The Balaban J connectivity index is 3.26. The van der Waals surface area contributed by atoms with Crippen LogP contribution in [0.4, 0.5) is 5.69 Å². The standard InChI is InChI=1S/C8H8ClNO6S/c1-15-5-16-7-4-6(10(11)12)2-3-8(7)17(9,13)14/h2-4H,5H2,1H3. The number of benzene rings is 1. The zero-order chi connectivity index (χ0) is 13.1. The summed E-state index contributed by atoms with van der Waals surface area (Å²) < 4.78 is 31.8. The molecule has 0 bridgehead atoms. The van der Waals surface area contributed by atoms with Crippen LogP contribution in [-0.4, -0.2) is 27.2 Å². The van der Waals surface area contributed by atoms with Gasteiger partial charge in [-0.05, 0) is 6.07 Å². The molecule has 0 aromatic heterocycles. The quantitative estimate of drug-likeness (QED) is 0.351. The number of rotatable bonds is 5. The zero-order valence-corrected chi connectivity index (χ0v) is 10.2. The van der Waals surface area contributed by atoms with Crippen molar-refractivity contribution < 1.29 is 22.8 Å². The lowest BCUT2D eigenvalue weighted by Gasteiger charge is -2.07. The SMILES string of the molecule is COCOc1cc([N+](=O)[O-])ccc1S(=O)(=O)Cl. The molecule has 0 saturated carbocycles. The summed E-state index contributed by atoms with van der Waals surface area (Å²) in [5.74, 6) is -0.226. The molecule has 0 atom stereocenters. The first-order valence-corrected chi connectivity index (χ1v) is 6.52. The Morgan fingerprint density at radius 1 is 1.47 bits per heavy atom. The molecule has 0 radical (unpaired) electrons. The van der Waals surface area contributed by atoms with E-state index in [1.807, 2.05) is 0 Å². The molecule has 0 N–H and O–H groups in total. The van der Waals surface area contributed by atoms with Gasteiger partial charge >= 0.3 is 0 Å². The number of ether oxygens (including phenoxy) is 2. The van der Waals surface area contributed by atoms with Crippen molar-refractivity contribution in [1.82, 2.24) is 0 Å². The number of hydrogen-bond acceptors (Lipinski definition) is 6. The maximum atomic E-state index is 11.2. The van der Waals surface area contributed by atoms with E-state index in [1.165, 1.54) is 7.11 Å². The van der Waals surface area contributed by atoms with Crippen molar-refractivity contribution >= 4 is 25.4 Å². The van der Waals surface area contributed by atoms with Gasteiger partial charge < -0.3 is 9.47 Å². The van der Waals surface area contributed by atoms with Gasteiger partial charge in [-0.15, -0.1) is 0 Å². The van der Waals surface area contributed by atoms with Gasteiger partial charge in [-0.25, -0.2) is 8.42 Å². The first-order chi connectivity index (χ1) is 7.86. The predicted octanol–water partition coefficient (Wildman–Crippen LogP) is 1.51. The topological polar surface area (TPSA) is 95.7 Å². The van der Waals surface area contributed by atoms with Crippen molar-refractivity contribution in [2.75, 3.05) is 13.9 Å². The van der Waals surface area contributed by atoms with Crippen molar-refractivity contribution in [3.63, 3.8) is 0 Å². The maximum absolute atomic E-state index is 11.2. The van der Waals surface area contributed by atoms with Gasteiger partial charge in [0.2, 0.25) is 0 Å². The number of nitrogens with zero attached hydrogens (tertiary/aromatic N) is 1. The Hall–Kier alpha value is -1.38. The van der Waals surface area contributed by atoms with Gasteiger partial charge in [0.15, 0.2) is 6.79 Å². The summed E-state index contributed by atoms with van der Waals surface area (Å²) in [6.07, 6.45) is 0. The first kappa shape index (κ1) is 13.7. The molecular weight excluding hydrogens is 274 g/mol. The van der Waals surface area contributed by atoms with E-state index < -0.39 is 14.0 Å². The lowest BCUT2D eigenvalue weighted by Crippen LogP contribution is -2.04. The lowest BCUT2D eigenvalue weighted by atomic mass is 10.3. The number of nitro benzene ring substituents is 1. The molecule has 0 saturated heterocycles. The molecule has 0 aliphatic heterocycles. The number of hydrogen-bond donors (Lipinski definition) is 0. The summed E-state index contributed by atoms with van der Waals surface area (Å²) >= 11 is 0. The van der Waals surface area contributed by atoms with E-state index >= 15 is 0 Å². The molecule has 0 unspecified atom stereocenters. The lowest BCUT2D eigenvalue weighted by molar-refractivity contribution is -0.385. The number of non-ortho nitro benzene ring substituents is 1. The number of methoxy groups -OCH3 is 1. The van der Waals surface area contributed by atoms with Gasteiger partial charge in [0.1, 0.15) is 10.6 Å². The molecule has 9 heteroatoms. The van der Waals surface area contributed by atoms with E-state index in [0.29, 0.717) is 0 Å². The van der Waals surface area contributed by atoms with Gasteiger partial charge in [0, 0.05) is 23.9 Å². The average molecular weight is 282 g/mol. The maximum Gasteiger partial charge on any atom is 0.273 e. The van der Waals surface area contributed by atoms with E-state index in [0.717, 1.165) is 18.2 Å². The number of nitro groups is 1. The van der Waals surface area contributed by atoms with Crippen molar-refractivity contribution in [2.45, 2.75) is 4.90 Å². The molecule has 1 rings (SSSR count). The van der Waals surface area contributed by atoms with Crippen molar-refractivity contribution in [1.29, 1.82) is 0 Å². The van der Waals surface area contributed by atoms with E-state index in [2.05, 4.69) is 4.74 Å². The molecular formula is C8H8ClNO6S. The minimum absolute atomic E-state index is 0.226. The van der Waals surface area contributed by atoms with E-state index in [4.69, 9.17) is 15.4 Å². The highest BCUT2D eigenvalue weighted by Gasteiger charge is 2.20. The third-order valence-corrected chi connectivity index (χ3v) is 3.09. The van der Waals surface area contributed by atoms with E-state index in [1.54, 1.807) is 0 Å². The second-order valence-corrected chi connectivity index (χ2v) is 5.41. The fourth-order valence-electron chi connectivity index (χ4n) is 1.05. The monoisotopic (exact) mass is 281 g/mol. The summed E-state index contributed by atoms with van der Waals surface area (Å²) in [6.45, 7) is -0.249. The second-order valence-electron chi connectivity index (χ2n) is 2.88. The molecule has 0 aliphatic carbocycles. The van der Waals surface area contributed by atoms with Crippen LogP contribution in [0.5, 0.6) is 5.75 Å². The average Bonchev–Trinajstić information content (AvgIpc) is 2.24. The normalized spacial score (nSPS) is 11.2. The van der Waals surface area contributed by atoms with Crippen molar-refractivity contribution in [2.24, 2.45) is 0 Å². The van der Waals surface area contributed by atoms with E-state index in [9.17, 15) is 18.5 Å². The van der Waals surface area contributed by atoms with Crippen LogP contribution in [0.15, 0.2) is 23.1 Å². The molecule has 94 valence electrons. The molecule has 17 heavy (non-hydrogen) atoms. The van der Waals surface area contributed by atoms with Crippen molar-refractivity contribution in [3.8, 4) is 5.75 Å². The van der Waals surface area contributed by atoms with Crippen LogP contribution in [0, 0.1) is 10.1 Å². The van der Waals surface area contributed by atoms with Crippen molar-refractivity contribution in [3.05, 3.63) is 28.3 Å². The highest BCUT2D eigenvalue weighted by atomic mass is 35.7. The van der Waals surface area contributed by atoms with Gasteiger partial charge in [-0.1, -0.05) is 0 Å². The van der Waals surface area contributed by atoms with E-state index in [-0.39, 0.29) is 23.1 Å². The van der Waals surface area contributed by atoms with Crippen LogP contribution in [0.3, 0.4) is 0 Å². The largest absolute Gasteiger partial charge is 0.466 e. The van der Waals surface area contributed by atoms with Gasteiger partial charge in [0.05, 0.1) is 11.0 Å². The minimum Gasteiger partial charge on any atom is -0.466 e. The Bertz CT molecular complexity index is 529. The Kier molecular flexibility index (Phi) is 4.27. The Morgan fingerprint density at radius 3 is 2.59 bits per heavy atom. The predicted molar refractivity (Wildman–Crippen MR) is 58.6 cm³/mol. The van der Waals surface area contributed by atoms with Crippen LogP contribution in [0.25, 0.3) is 0 Å². The molecule has 0 amide bonds. The van der Waals surface area contributed by atoms with Gasteiger partial charge in [0.25, 0.3) is 14.7 Å². The minimum atomic E-state index is -4.04. The summed E-state index contributed by atoms with van der Waals surface area (Å²) in [7, 11) is 2.44. The van der Waals surface area contributed by atoms with Gasteiger partial charge in [-0.2, -0.15) is 0 Å². The van der Waals surface area contributed by atoms with Crippen LogP contribution in [0.1, 0.15) is 0 Å². The molecule has 1 aromatic rings. The summed E-state index contributed by atoms with van der Waals surface area (Å²) in [6, 6.07) is 2.99. The molecule has 0 fully saturated rings. The smallest absolute Gasteiger partial charge is 0.273 e. The fourth-order valence-corrected chi connectivity index (χ4v) is 2.02. The molecule has 7 nitrogen and oxygen atoms in total. The Morgan fingerprint density at radius 2 is 2.12 bits per heavy atom. The third kappa shape index (κ3) is 3.55. The summed E-state index contributed by atoms with van der Waals surface area (Å²) in [4.78, 5) is 9.50. The van der Waals surface area contributed by atoms with Crippen LogP contribution in [0.2, 0.25) is 0 Å². The molecule has 0 aliphatic rings. The Labute approximate surface area is 101 Å². The second kappa shape index (κ2) is 5.30. The highest BCUT2D eigenvalue weighted by Crippen LogP contribution is 2.30. The first-order valence-electron chi connectivity index (χ1n) is 4.21. The third-order valence-electron chi connectivity index (χ3n) is 1.73.